The van der Waals surface area contributed by atoms with Crippen molar-refractivity contribution < 1.29 is 9.84 Å². The van der Waals surface area contributed by atoms with Crippen LogP contribution in [0.25, 0.3) is 0 Å². The van der Waals surface area contributed by atoms with E-state index in [1.165, 1.54) is 6.42 Å². The number of hydrogen-bond donors (Lipinski definition) is 2. The number of hydrogen-bond acceptors (Lipinski definition) is 4. The van der Waals surface area contributed by atoms with Crippen molar-refractivity contribution in [1.82, 2.24) is 10.2 Å². The molecule has 2 unspecified atom stereocenters. The van der Waals surface area contributed by atoms with Crippen molar-refractivity contribution in [3.8, 4) is 0 Å². The normalized spacial score (nSPS) is 25.0. The van der Waals surface area contributed by atoms with Crippen LogP contribution in [0.3, 0.4) is 0 Å². The van der Waals surface area contributed by atoms with E-state index in [1.807, 2.05) is 20.9 Å². The van der Waals surface area contributed by atoms with Gasteiger partial charge in [-0.1, -0.05) is 0 Å². The Labute approximate surface area is 92.6 Å². The highest BCUT2D eigenvalue weighted by atomic mass is 16.5. The molecule has 0 aliphatic carbocycles. The summed E-state index contributed by atoms with van der Waals surface area (Å²) in [4.78, 5) is 2.29. The molecule has 1 fully saturated rings. The van der Waals surface area contributed by atoms with Gasteiger partial charge >= 0.3 is 0 Å². The summed E-state index contributed by atoms with van der Waals surface area (Å²) in [6.07, 6.45) is 1.01. The van der Waals surface area contributed by atoms with E-state index in [4.69, 9.17) is 4.74 Å². The third-order valence-corrected chi connectivity index (χ3v) is 2.77. The molecule has 0 radical (unpaired) electrons. The number of aliphatic hydroxyl groups excluding tert-OH is 1. The van der Waals surface area contributed by atoms with Crippen LogP contribution >= 0.6 is 0 Å². The number of β-amino-alcohol motifs (C(OH)–C–C–N with tert-alkyl or cyclic N) is 1. The maximum Gasteiger partial charge on any atom is 0.0900 e. The zero-order valence-electron chi connectivity index (χ0n) is 10.1. The van der Waals surface area contributed by atoms with Crippen LogP contribution in [-0.4, -0.2) is 61.5 Å². The van der Waals surface area contributed by atoms with Crippen molar-refractivity contribution >= 4 is 0 Å². The summed E-state index contributed by atoms with van der Waals surface area (Å²) < 4.78 is 5.37. The molecule has 0 spiro atoms. The lowest BCUT2D eigenvalue weighted by Gasteiger charge is -2.20. The first-order chi connectivity index (χ1) is 7.11. The fourth-order valence-electron chi connectivity index (χ4n) is 1.89. The number of likely N-dealkylation sites (N-methyl/N-ethyl adjacent to an activating group) is 1. The lowest BCUT2D eigenvalue weighted by Crippen LogP contribution is -2.36. The number of aliphatic hydroxyl groups is 1. The summed E-state index contributed by atoms with van der Waals surface area (Å²) in [5, 5.41) is 13.0. The van der Waals surface area contributed by atoms with Crippen LogP contribution in [0.1, 0.15) is 20.3 Å². The van der Waals surface area contributed by atoms with Gasteiger partial charge in [-0.2, -0.15) is 0 Å². The quantitative estimate of drug-likeness (QED) is 0.659. The molecular weight excluding hydrogens is 192 g/mol. The second-order valence-electron chi connectivity index (χ2n) is 4.57. The van der Waals surface area contributed by atoms with Crippen molar-refractivity contribution in [1.29, 1.82) is 0 Å². The summed E-state index contributed by atoms with van der Waals surface area (Å²) in [5.74, 6) is 0. The van der Waals surface area contributed by atoms with E-state index in [-0.39, 0.29) is 12.2 Å². The molecule has 15 heavy (non-hydrogen) atoms. The molecule has 90 valence electrons. The van der Waals surface area contributed by atoms with Gasteiger partial charge in [-0.25, -0.2) is 0 Å². The van der Waals surface area contributed by atoms with Gasteiger partial charge in [0.05, 0.1) is 18.8 Å². The zero-order valence-corrected chi connectivity index (χ0v) is 10.1. The molecular formula is C11H24N2O2. The fourth-order valence-corrected chi connectivity index (χ4v) is 1.89. The molecule has 0 bridgehead atoms. The summed E-state index contributed by atoms with van der Waals surface area (Å²) in [6.45, 7) is 7.25. The Kier molecular flexibility index (Phi) is 5.53. The fraction of sp³-hybridized carbons (Fsp3) is 1.00. The van der Waals surface area contributed by atoms with Crippen LogP contribution in [0.5, 0.6) is 0 Å². The van der Waals surface area contributed by atoms with Gasteiger partial charge in [0.1, 0.15) is 0 Å². The summed E-state index contributed by atoms with van der Waals surface area (Å²) in [6, 6.07) is 0.586. The predicted molar refractivity (Wildman–Crippen MR) is 61.0 cm³/mol. The molecule has 0 saturated carbocycles. The Hall–Kier alpha value is -0.160. The average molecular weight is 216 g/mol. The van der Waals surface area contributed by atoms with Crippen LogP contribution < -0.4 is 5.32 Å². The molecule has 4 heteroatoms. The second-order valence-corrected chi connectivity index (χ2v) is 4.57. The molecule has 0 aromatic rings. The van der Waals surface area contributed by atoms with Crippen LogP contribution in [0.15, 0.2) is 0 Å². The smallest absolute Gasteiger partial charge is 0.0900 e. The molecule has 1 saturated heterocycles. The lowest BCUT2D eigenvalue weighted by atomic mass is 10.3. The van der Waals surface area contributed by atoms with Gasteiger partial charge in [0, 0.05) is 19.1 Å². The van der Waals surface area contributed by atoms with E-state index in [2.05, 4.69) is 10.2 Å². The Morgan fingerprint density at radius 3 is 2.80 bits per heavy atom. The van der Waals surface area contributed by atoms with Crippen LogP contribution in [0.4, 0.5) is 0 Å². The Balaban J connectivity index is 2.13. The molecule has 1 rings (SSSR count). The molecule has 2 atom stereocenters. The van der Waals surface area contributed by atoms with Crippen molar-refractivity contribution in [2.45, 2.75) is 38.5 Å². The lowest BCUT2D eigenvalue weighted by molar-refractivity contribution is -0.00599. The van der Waals surface area contributed by atoms with E-state index in [9.17, 15) is 5.11 Å². The highest BCUT2D eigenvalue weighted by Crippen LogP contribution is 2.09. The van der Waals surface area contributed by atoms with Gasteiger partial charge in [0.25, 0.3) is 0 Å². The molecule has 0 aromatic carbocycles. The van der Waals surface area contributed by atoms with Gasteiger partial charge in [-0.15, -0.1) is 0 Å². The molecule has 1 heterocycles. The SMILES string of the molecule is CNC1CCN(CC(O)COC(C)C)C1. The van der Waals surface area contributed by atoms with Crippen molar-refractivity contribution in [2.75, 3.05) is 33.3 Å². The van der Waals surface area contributed by atoms with Crippen molar-refractivity contribution in [3.05, 3.63) is 0 Å². The van der Waals surface area contributed by atoms with E-state index in [0.717, 1.165) is 19.6 Å². The van der Waals surface area contributed by atoms with Gasteiger partial charge in [0.15, 0.2) is 0 Å². The Morgan fingerprint density at radius 1 is 1.53 bits per heavy atom. The zero-order chi connectivity index (χ0) is 11.3. The van der Waals surface area contributed by atoms with Crippen molar-refractivity contribution in [3.63, 3.8) is 0 Å². The van der Waals surface area contributed by atoms with E-state index < -0.39 is 0 Å². The number of nitrogens with zero attached hydrogens (tertiary/aromatic N) is 1. The Bertz CT molecular complexity index is 176. The number of ether oxygens (including phenoxy) is 1. The first-order valence-corrected chi connectivity index (χ1v) is 5.81. The molecule has 4 nitrogen and oxygen atoms in total. The van der Waals surface area contributed by atoms with Gasteiger partial charge in [-0.3, -0.25) is 4.90 Å². The summed E-state index contributed by atoms with van der Waals surface area (Å²) >= 11 is 0. The maximum atomic E-state index is 9.73. The highest BCUT2D eigenvalue weighted by Gasteiger charge is 2.22. The first kappa shape index (κ1) is 12.9. The predicted octanol–water partition coefficient (Wildman–Crippen LogP) is 0.0660. The first-order valence-electron chi connectivity index (χ1n) is 5.81. The van der Waals surface area contributed by atoms with Crippen molar-refractivity contribution in [2.24, 2.45) is 0 Å². The average Bonchev–Trinajstić information content (AvgIpc) is 2.62. The monoisotopic (exact) mass is 216 g/mol. The molecule has 0 aromatic heterocycles. The minimum Gasteiger partial charge on any atom is -0.389 e. The molecule has 1 aliphatic rings. The topological polar surface area (TPSA) is 44.7 Å². The maximum absolute atomic E-state index is 9.73. The number of rotatable bonds is 6. The number of likely N-dealkylation sites (tertiary alicyclic amines) is 1. The van der Waals surface area contributed by atoms with Crippen LogP contribution in [0, 0.1) is 0 Å². The van der Waals surface area contributed by atoms with E-state index in [0.29, 0.717) is 12.6 Å². The van der Waals surface area contributed by atoms with Gasteiger partial charge < -0.3 is 15.2 Å². The van der Waals surface area contributed by atoms with Crippen LogP contribution in [0.2, 0.25) is 0 Å². The Morgan fingerprint density at radius 2 is 2.27 bits per heavy atom. The van der Waals surface area contributed by atoms with E-state index >= 15 is 0 Å². The summed E-state index contributed by atoms with van der Waals surface area (Å²) in [7, 11) is 1.99. The third kappa shape index (κ3) is 4.93. The molecule has 1 aliphatic heterocycles. The van der Waals surface area contributed by atoms with Gasteiger partial charge in [0.2, 0.25) is 0 Å². The molecule has 2 N–H and O–H groups in total. The van der Waals surface area contributed by atoms with Crippen LogP contribution in [-0.2, 0) is 4.74 Å². The second kappa shape index (κ2) is 6.43. The third-order valence-electron chi connectivity index (χ3n) is 2.77. The highest BCUT2D eigenvalue weighted by molar-refractivity contribution is 4.80. The molecule has 0 amide bonds. The summed E-state index contributed by atoms with van der Waals surface area (Å²) in [5.41, 5.74) is 0. The van der Waals surface area contributed by atoms with E-state index in [1.54, 1.807) is 0 Å². The van der Waals surface area contributed by atoms with Gasteiger partial charge in [-0.05, 0) is 33.9 Å². The standard InChI is InChI=1S/C11H24N2O2/c1-9(2)15-8-11(14)7-13-5-4-10(6-13)12-3/h9-12,14H,4-8H2,1-3H3. The largest absolute Gasteiger partial charge is 0.389 e. The minimum absolute atomic E-state index is 0.197. The number of nitrogens with one attached hydrogen (secondary N) is 1. The minimum atomic E-state index is -0.358.